The monoisotopic (exact) mass is 292 g/mol. The lowest BCUT2D eigenvalue weighted by atomic mass is 10.3. The number of aliphatic hydroxyl groups excluding tert-OH is 1. The van der Waals surface area contributed by atoms with Crippen molar-refractivity contribution in [2.45, 2.75) is 10.9 Å². The third-order valence-electron chi connectivity index (χ3n) is 2.69. The Kier molecular flexibility index (Phi) is 4.18. The number of hydrogen-bond acceptors (Lipinski definition) is 5. The fourth-order valence-corrected chi connectivity index (χ4v) is 3.39. The van der Waals surface area contributed by atoms with Crippen LogP contribution in [0.25, 0.3) is 0 Å². The Labute approximate surface area is 110 Å². The zero-order valence-electron chi connectivity index (χ0n) is 9.49. The maximum atomic E-state index is 12.3. The molecular weight excluding hydrogens is 280 g/mol. The molecule has 0 aliphatic carbocycles. The van der Waals surface area contributed by atoms with Crippen LogP contribution in [0.3, 0.4) is 0 Å². The van der Waals surface area contributed by atoms with Crippen LogP contribution in [0, 0.1) is 0 Å². The Hall–Kier alpha value is -0.730. The van der Waals surface area contributed by atoms with E-state index in [1.54, 1.807) is 0 Å². The molecule has 0 saturated carbocycles. The molecule has 1 atom stereocenters. The first-order valence-electron chi connectivity index (χ1n) is 5.37. The van der Waals surface area contributed by atoms with E-state index < -0.39 is 16.1 Å². The molecule has 0 radical (unpaired) electrons. The number of nitrogens with zero attached hydrogens (tertiary/aromatic N) is 2. The molecule has 0 aromatic carbocycles. The van der Waals surface area contributed by atoms with E-state index in [1.165, 1.54) is 22.6 Å². The molecule has 2 rings (SSSR count). The maximum absolute atomic E-state index is 12.3. The van der Waals surface area contributed by atoms with Crippen molar-refractivity contribution in [3.63, 3.8) is 0 Å². The van der Waals surface area contributed by atoms with Gasteiger partial charge in [0.05, 0.1) is 25.9 Å². The number of hydrogen-bond donors (Lipinski definition) is 1. The third kappa shape index (κ3) is 2.65. The Bertz CT molecular complexity index is 505. The fraction of sp³-hybridized carbons (Fsp3) is 0.500. The Morgan fingerprint density at radius 3 is 2.94 bits per heavy atom. The lowest BCUT2D eigenvalue weighted by Gasteiger charge is -2.33. The maximum Gasteiger partial charge on any atom is 0.245 e. The van der Waals surface area contributed by atoms with Crippen molar-refractivity contribution < 1.29 is 18.3 Å². The summed E-state index contributed by atoms with van der Waals surface area (Å²) in [7, 11) is -3.67. The molecule has 1 N–H and O–H groups in total. The van der Waals surface area contributed by atoms with E-state index in [-0.39, 0.29) is 29.8 Å². The highest BCUT2D eigenvalue weighted by atomic mass is 35.5. The second-order valence-electron chi connectivity index (χ2n) is 3.84. The molecule has 1 aliphatic rings. The Morgan fingerprint density at radius 2 is 2.33 bits per heavy atom. The van der Waals surface area contributed by atoms with Crippen molar-refractivity contribution >= 4 is 21.6 Å². The summed E-state index contributed by atoms with van der Waals surface area (Å²) in [5.41, 5.74) is 0. The second kappa shape index (κ2) is 5.50. The molecule has 1 aromatic heterocycles. The lowest BCUT2D eigenvalue weighted by molar-refractivity contribution is 0.0109. The van der Waals surface area contributed by atoms with Crippen molar-refractivity contribution in [2.24, 2.45) is 0 Å². The quantitative estimate of drug-likeness (QED) is 0.800. The highest BCUT2D eigenvalue weighted by molar-refractivity contribution is 7.89. The number of aliphatic hydroxyl groups is 1. The van der Waals surface area contributed by atoms with Gasteiger partial charge in [0.15, 0.2) is 0 Å². The van der Waals surface area contributed by atoms with Crippen LogP contribution >= 0.6 is 11.6 Å². The number of sulfonamides is 1. The van der Waals surface area contributed by atoms with Crippen LogP contribution in [-0.4, -0.2) is 55.2 Å². The summed E-state index contributed by atoms with van der Waals surface area (Å²) in [4.78, 5) is 3.82. The highest BCUT2D eigenvalue weighted by Gasteiger charge is 2.33. The number of halogens is 1. The van der Waals surface area contributed by atoms with Gasteiger partial charge in [0.1, 0.15) is 10.0 Å². The van der Waals surface area contributed by atoms with E-state index >= 15 is 0 Å². The first-order valence-corrected chi connectivity index (χ1v) is 7.19. The summed E-state index contributed by atoms with van der Waals surface area (Å²) >= 11 is 5.62. The summed E-state index contributed by atoms with van der Waals surface area (Å²) in [6.07, 6.45) is 1.21. The van der Waals surface area contributed by atoms with Crippen molar-refractivity contribution in [2.75, 3.05) is 26.4 Å². The van der Waals surface area contributed by atoms with Gasteiger partial charge in [-0.1, -0.05) is 11.6 Å². The molecule has 2 heterocycles. The predicted molar refractivity (Wildman–Crippen MR) is 64.8 cm³/mol. The van der Waals surface area contributed by atoms with Crippen LogP contribution in [0.4, 0.5) is 0 Å². The molecule has 8 heteroatoms. The molecule has 18 heavy (non-hydrogen) atoms. The van der Waals surface area contributed by atoms with Gasteiger partial charge in [-0.25, -0.2) is 13.4 Å². The Balaban J connectivity index is 2.32. The van der Waals surface area contributed by atoms with Gasteiger partial charge in [0.2, 0.25) is 10.0 Å². The van der Waals surface area contributed by atoms with Crippen molar-refractivity contribution in [1.82, 2.24) is 9.29 Å². The standard InChI is InChI=1S/C10H13ClN2O4S/c11-10-2-1-9(5-12-10)18(15,16)13-3-4-17-7-8(13)6-14/h1-2,5,8,14H,3-4,6-7H2. The normalized spacial score (nSPS) is 22.0. The van der Waals surface area contributed by atoms with Crippen molar-refractivity contribution in [3.8, 4) is 0 Å². The van der Waals surface area contributed by atoms with E-state index in [1.807, 2.05) is 0 Å². The average molecular weight is 293 g/mol. The van der Waals surface area contributed by atoms with E-state index in [4.69, 9.17) is 16.3 Å². The van der Waals surface area contributed by atoms with Gasteiger partial charge >= 0.3 is 0 Å². The number of pyridine rings is 1. The summed E-state index contributed by atoms with van der Waals surface area (Å²) in [5, 5.41) is 9.42. The summed E-state index contributed by atoms with van der Waals surface area (Å²) in [5.74, 6) is 0. The minimum atomic E-state index is -3.67. The fourth-order valence-electron chi connectivity index (χ4n) is 1.75. The highest BCUT2D eigenvalue weighted by Crippen LogP contribution is 2.20. The first-order chi connectivity index (χ1) is 8.55. The molecule has 0 amide bonds. The van der Waals surface area contributed by atoms with Gasteiger partial charge in [0, 0.05) is 12.7 Å². The van der Waals surface area contributed by atoms with Crippen molar-refractivity contribution in [1.29, 1.82) is 0 Å². The molecule has 1 aliphatic heterocycles. The Morgan fingerprint density at radius 1 is 1.56 bits per heavy atom. The molecule has 6 nitrogen and oxygen atoms in total. The number of ether oxygens (including phenoxy) is 1. The zero-order chi connectivity index (χ0) is 13.2. The van der Waals surface area contributed by atoms with E-state index in [0.717, 1.165) is 0 Å². The number of rotatable bonds is 3. The van der Waals surface area contributed by atoms with Crippen LogP contribution in [0.5, 0.6) is 0 Å². The SMILES string of the molecule is O=S(=O)(c1ccc(Cl)nc1)N1CCOCC1CO. The zero-order valence-corrected chi connectivity index (χ0v) is 11.1. The van der Waals surface area contributed by atoms with Gasteiger partial charge in [-0.3, -0.25) is 0 Å². The van der Waals surface area contributed by atoms with E-state index in [2.05, 4.69) is 4.98 Å². The van der Waals surface area contributed by atoms with Gasteiger partial charge in [-0.05, 0) is 12.1 Å². The van der Waals surface area contributed by atoms with E-state index in [9.17, 15) is 13.5 Å². The summed E-state index contributed by atoms with van der Waals surface area (Å²) < 4.78 is 31.1. The lowest BCUT2D eigenvalue weighted by Crippen LogP contribution is -2.50. The molecule has 1 unspecified atom stereocenters. The summed E-state index contributed by atoms with van der Waals surface area (Å²) in [6.45, 7) is 0.448. The molecular formula is C10H13ClN2O4S. The smallest absolute Gasteiger partial charge is 0.245 e. The second-order valence-corrected chi connectivity index (χ2v) is 6.12. The minimum absolute atomic E-state index is 0.0623. The topological polar surface area (TPSA) is 79.7 Å². The molecule has 1 saturated heterocycles. The largest absolute Gasteiger partial charge is 0.395 e. The molecule has 0 spiro atoms. The van der Waals surface area contributed by atoms with E-state index in [0.29, 0.717) is 6.61 Å². The van der Waals surface area contributed by atoms with Crippen LogP contribution < -0.4 is 0 Å². The van der Waals surface area contributed by atoms with Gasteiger partial charge in [-0.2, -0.15) is 4.31 Å². The molecule has 1 fully saturated rings. The molecule has 1 aromatic rings. The third-order valence-corrected chi connectivity index (χ3v) is 4.85. The average Bonchev–Trinajstić information content (AvgIpc) is 2.39. The van der Waals surface area contributed by atoms with Gasteiger partial charge in [0.25, 0.3) is 0 Å². The van der Waals surface area contributed by atoms with Crippen LogP contribution in [0.1, 0.15) is 0 Å². The van der Waals surface area contributed by atoms with Crippen LogP contribution in [0.2, 0.25) is 5.15 Å². The number of morpholine rings is 1. The van der Waals surface area contributed by atoms with Crippen molar-refractivity contribution in [3.05, 3.63) is 23.5 Å². The van der Waals surface area contributed by atoms with Gasteiger partial charge < -0.3 is 9.84 Å². The number of aromatic nitrogens is 1. The molecule has 100 valence electrons. The minimum Gasteiger partial charge on any atom is -0.395 e. The van der Waals surface area contributed by atoms with Crippen LogP contribution in [0.15, 0.2) is 23.2 Å². The first kappa shape index (κ1) is 13.7. The van der Waals surface area contributed by atoms with Crippen LogP contribution in [-0.2, 0) is 14.8 Å². The summed E-state index contributed by atoms with van der Waals surface area (Å²) in [6, 6.07) is 2.26. The predicted octanol–water partition coefficient (Wildman–Crippen LogP) is 0.117. The molecule has 0 bridgehead atoms. The van der Waals surface area contributed by atoms with Gasteiger partial charge in [-0.15, -0.1) is 0 Å².